The average Bonchev–Trinajstić information content (AvgIpc) is 3.23. The van der Waals surface area contributed by atoms with Gasteiger partial charge in [0.1, 0.15) is 5.01 Å². The number of Topliss-reactive ketones (excluding diaryl/α,β-unsaturated/α-hetero) is 1. The van der Waals surface area contributed by atoms with Gasteiger partial charge in [-0.15, -0.1) is 11.3 Å². The van der Waals surface area contributed by atoms with Crippen molar-refractivity contribution in [3.8, 4) is 6.07 Å². The molecule has 0 aliphatic heterocycles. The van der Waals surface area contributed by atoms with Gasteiger partial charge in [-0.2, -0.15) is 5.26 Å². The van der Waals surface area contributed by atoms with Gasteiger partial charge in [0.15, 0.2) is 18.3 Å². The second kappa shape index (κ2) is 10.7. The van der Waals surface area contributed by atoms with Gasteiger partial charge < -0.3 is 10.1 Å². The Morgan fingerprint density at radius 1 is 1.26 bits per heavy atom. The summed E-state index contributed by atoms with van der Waals surface area (Å²) in [6.07, 6.45) is 0. The number of nitrogens with zero attached hydrogens (tertiary/aromatic N) is 3. The first kappa shape index (κ1) is 24.5. The fourth-order valence-corrected chi connectivity index (χ4v) is 3.95. The van der Waals surface area contributed by atoms with Gasteiger partial charge in [0.2, 0.25) is 0 Å². The Balaban J connectivity index is 1.71. The first-order valence-electron chi connectivity index (χ1n) is 9.57. The number of ether oxygens (including phenoxy) is 1. The van der Waals surface area contributed by atoms with Crippen LogP contribution in [-0.2, 0) is 9.53 Å². The van der Waals surface area contributed by atoms with Gasteiger partial charge in [0, 0.05) is 23.2 Å². The highest BCUT2D eigenvalue weighted by atomic mass is 35.5. The number of amides is 1. The molecule has 34 heavy (non-hydrogen) atoms. The molecule has 1 aromatic heterocycles. The molecule has 0 spiro atoms. The molecule has 2 aromatic carbocycles. The van der Waals surface area contributed by atoms with Gasteiger partial charge in [-0.25, -0.2) is 9.78 Å². The van der Waals surface area contributed by atoms with Crippen LogP contribution < -0.4 is 5.32 Å². The maximum Gasteiger partial charge on any atom is 0.340 e. The molecule has 1 amide bonds. The number of hydrogen-bond donors (Lipinski definition) is 1. The van der Waals surface area contributed by atoms with Crippen molar-refractivity contribution in [2.24, 2.45) is 0 Å². The minimum atomic E-state index is -1.16. The highest BCUT2D eigenvalue weighted by molar-refractivity contribution is 7.09. The molecule has 12 heteroatoms. The number of esters is 1. The second-order valence-electron chi connectivity index (χ2n) is 6.85. The van der Waals surface area contributed by atoms with E-state index in [-0.39, 0.29) is 27.5 Å². The molecule has 0 saturated heterocycles. The van der Waals surface area contributed by atoms with Crippen molar-refractivity contribution in [2.45, 2.75) is 12.8 Å². The number of aromatic nitrogens is 1. The van der Waals surface area contributed by atoms with Crippen molar-refractivity contribution in [1.82, 2.24) is 4.98 Å². The lowest BCUT2D eigenvalue weighted by atomic mass is 10.1. The van der Waals surface area contributed by atoms with Crippen molar-refractivity contribution in [3.63, 3.8) is 0 Å². The molecule has 0 bridgehead atoms. The molecule has 0 saturated carbocycles. The lowest BCUT2D eigenvalue weighted by Gasteiger charge is -2.12. The Morgan fingerprint density at radius 2 is 2.00 bits per heavy atom. The van der Waals surface area contributed by atoms with Crippen LogP contribution in [0.3, 0.4) is 0 Å². The summed E-state index contributed by atoms with van der Waals surface area (Å²) >= 11 is 7.15. The first-order valence-corrected chi connectivity index (χ1v) is 10.8. The third kappa shape index (κ3) is 5.61. The van der Waals surface area contributed by atoms with Crippen LogP contribution in [0.15, 0.2) is 47.8 Å². The van der Waals surface area contributed by atoms with E-state index in [1.165, 1.54) is 24.3 Å². The molecule has 0 fully saturated rings. The summed E-state index contributed by atoms with van der Waals surface area (Å²) in [7, 11) is 0. The zero-order valence-electron chi connectivity index (χ0n) is 17.5. The molecule has 172 valence electrons. The van der Waals surface area contributed by atoms with Crippen LogP contribution in [-0.4, -0.2) is 34.2 Å². The summed E-state index contributed by atoms with van der Waals surface area (Å²) in [5, 5.41) is 24.6. The molecule has 1 N–H and O–H groups in total. The van der Waals surface area contributed by atoms with Gasteiger partial charge in [0.05, 0.1) is 32.8 Å². The Bertz CT molecular complexity index is 1330. The molecule has 0 aliphatic rings. The van der Waals surface area contributed by atoms with Crippen molar-refractivity contribution < 1.29 is 24.0 Å². The van der Waals surface area contributed by atoms with Gasteiger partial charge in [0.25, 0.3) is 11.6 Å². The molecule has 3 rings (SSSR count). The number of rotatable bonds is 8. The van der Waals surface area contributed by atoms with E-state index in [4.69, 9.17) is 16.3 Å². The lowest BCUT2D eigenvalue weighted by Crippen LogP contribution is -2.21. The van der Waals surface area contributed by atoms with Crippen molar-refractivity contribution in [3.05, 3.63) is 84.8 Å². The Labute approximate surface area is 201 Å². The number of carbonyl (C=O) groups excluding carboxylic acids is 3. The van der Waals surface area contributed by atoms with Gasteiger partial charge in [-0.1, -0.05) is 23.7 Å². The van der Waals surface area contributed by atoms with Crippen molar-refractivity contribution in [1.29, 1.82) is 5.26 Å². The lowest BCUT2D eigenvalue weighted by molar-refractivity contribution is -0.384. The van der Waals surface area contributed by atoms with Crippen molar-refractivity contribution >= 4 is 52.0 Å². The van der Waals surface area contributed by atoms with Crippen LogP contribution >= 0.6 is 22.9 Å². The average molecular weight is 499 g/mol. The predicted molar refractivity (Wildman–Crippen MR) is 123 cm³/mol. The molecule has 10 nitrogen and oxygen atoms in total. The molecule has 1 heterocycles. The Kier molecular flexibility index (Phi) is 7.68. The summed E-state index contributed by atoms with van der Waals surface area (Å²) in [5.41, 5.74) is 0.384. The number of benzene rings is 2. The molecular formula is C22H15ClN4O6S. The minimum Gasteiger partial charge on any atom is -0.454 e. The summed E-state index contributed by atoms with van der Waals surface area (Å²) in [4.78, 5) is 52.0. The van der Waals surface area contributed by atoms with E-state index < -0.39 is 35.1 Å². The topological polar surface area (TPSA) is 152 Å². The number of nitrogens with one attached hydrogen (secondary N) is 1. The van der Waals surface area contributed by atoms with Gasteiger partial charge in [-0.3, -0.25) is 19.7 Å². The number of ketones is 1. The smallest absolute Gasteiger partial charge is 0.340 e. The van der Waals surface area contributed by atoms with E-state index in [1.54, 1.807) is 18.4 Å². The van der Waals surface area contributed by atoms with E-state index >= 15 is 0 Å². The summed E-state index contributed by atoms with van der Waals surface area (Å²) in [5.74, 6) is -3.40. The van der Waals surface area contributed by atoms with Crippen LogP contribution in [0.1, 0.15) is 37.3 Å². The SMILES string of the molecule is Cc1csc([C@H](C#N)C(=O)COC(=O)c2ccccc2NC(=O)c2ccc([N+](=O)[O-])cc2Cl)n1. The predicted octanol–water partition coefficient (Wildman–Crippen LogP) is 4.30. The number of nitro benzene ring substituents is 1. The van der Waals surface area contributed by atoms with E-state index in [1.807, 2.05) is 6.07 Å². The molecule has 0 aliphatic carbocycles. The number of halogens is 1. The number of nitriles is 1. The largest absolute Gasteiger partial charge is 0.454 e. The van der Waals surface area contributed by atoms with E-state index in [2.05, 4.69) is 10.3 Å². The fraction of sp³-hybridized carbons (Fsp3) is 0.136. The molecule has 3 aromatic rings. The number of carbonyl (C=O) groups is 3. The Morgan fingerprint density at radius 3 is 2.62 bits per heavy atom. The summed E-state index contributed by atoms with van der Waals surface area (Å²) in [6, 6.07) is 11.1. The normalized spacial score (nSPS) is 11.2. The zero-order valence-corrected chi connectivity index (χ0v) is 19.1. The second-order valence-corrected chi connectivity index (χ2v) is 8.15. The van der Waals surface area contributed by atoms with Crippen LogP contribution in [0, 0.1) is 28.4 Å². The van der Waals surface area contributed by atoms with Crippen LogP contribution in [0.4, 0.5) is 11.4 Å². The van der Waals surface area contributed by atoms with E-state index in [0.29, 0.717) is 10.7 Å². The van der Waals surface area contributed by atoms with Crippen LogP contribution in [0.5, 0.6) is 0 Å². The maximum atomic E-state index is 12.6. The van der Waals surface area contributed by atoms with E-state index in [9.17, 15) is 29.8 Å². The monoisotopic (exact) mass is 498 g/mol. The number of hydrogen-bond acceptors (Lipinski definition) is 9. The highest BCUT2D eigenvalue weighted by Crippen LogP contribution is 2.25. The third-order valence-electron chi connectivity index (χ3n) is 4.48. The summed E-state index contributed by atoms with van der Waals surface area (Å²) in [6.45, 7) is 1.07. The molecule has 0 radical (unpaired) electrons. The highest BCUT2D eigenvalue weighted by Gasteiger charge is 2.25. The van der Waals surface area contributed by atoms with E-state index in [0.717, 1.165) is 23.5 Å². The fourth-order valence-electron chi connectivity index (χ4n) is 2.83. The van der Waals surface area contributed by atoms with Crippen molar-refractivity contribution in [2.75, 3.05) is 11.9 Å². The Hall–Kier alpha value is -4.14. The molecular weight excluding hydrogens is 484 g/mol. The van der Waals surface area contributed by atoms with Crippen LogP contribution in [0.25, 0.3) is 0 Å². The third-order valence-corrected chi connectivity index (χ3v) is 5.82. The molecule has 1 atom stereocenters. The number of nitro groups is 1. The number of thiazole rings is 1. The molecule has 0 unspecified atom stereocenters. The van der Waals surface area contributed by atoms with Gasteiger partial charge in [-0.05, 0) is 25.1 Å². The standard InChI is InChI=1S/C22H15ClN4O6S/c1-12-11-34-21(25-12)16(9-24)19(28)10-33-22(30)15-4-2-3-5-18(15)26-20(29)14-7-6-13(27(31)32)8-17(14)23/h2-8,11,16H,10H2,1H3,(H,26,29)/t16-/m1/s1. The first-order chi connectivity index (χ1) is 16.2. The zero-order chi connectivity index (χ0) is 24.8. The number of non-ortho nitro benzene ring substituents is 1. The summed E-state index contributed by atoms with van der Waals surface area (Å²) < 4.78 is 5.08. The quantitative estimate of drug-likeness (QED) is 0.274. The number of aryl methyl sites for hydroxylation is 1. The number of para-hydroxylation sites is 1. The maximum absolute atomic E-state index is 12.6. The minimum absolute atomic E-state index is 0.0405. The van der Waals surface area contributed by atoms with Gasteiger partial charge >= 0.3 is 5.97 Å². The number of anilines is 1. The van der Waals surface area contributed by atoms with Crippen LogP contribution in [0.2, 0.25) is 5.02 Å².